The van der Waals surface area contributed by atoms with Crippen molar-refractivity contribution in [3.8, 4) is 0 Å². The first-order valence-corrected chi connectivity index (χ1v) is 6.59. The first-order chi connectivity index (χ1) is 10.2. The molecule has 3 nitrogen and oxygen atoms in total. The molecular formula is C18H13NO2. The molecule has 0 atom stereocenters. The highest BCUT2D eigenvalue weighted by atomic mass is 16.4. The number of aromatic carboxylic acids is 1. The van der Waals surface area contributed by atoms with Gasteiger partial charge in [0, 0.05) is 11.6 Å². The number of carboxylic acid groups (broad SMARTS) is 1. The van der Waals surface area contributed by atoms with Gasteiger partial charge in [0.2, 0.25) is 0 Å². The lowest BCUT2D eigenvalue weighted by Gasteiger charge is -2.01. The van der Waals surface area contributed by atoms with E-state index in [-0.39, 0.29) is 0 Å². The van der Waals surface area contributed by atoms with Crippen molar-refractivity contribution in [2.24, 2.45) is 0 Å². The largest absolute Gasteiger partial charge is 0.478 e. The zero-order chi connectivity index (χ0) is 14.7. The number of fused-ring (bicyclic) bond motifs is 1. The van der Waals surface area contributed by atoms with Gasteiger partial charge in [-0.1, -0.05) is 42.5 Å². The van der Waals surface area contributed by atoms with Crippen LogP contribution in [0.3, 0.4) is 0 Å². The molecule has 0 fully saturated rings. The molecule has 0 bridgehead atoms. The van der Waals surface area contributed by atoms with Crippen molar-refractivity contribution in [2.45, 2.75) is 0 Å². The van der Waals surface area contributed by atoms with Crippen molar-refractivity contribution in [1.82, 2.24) is 4.98 Å². The lowest BCUT2D eigenvalue weighted by atomic mass is 10.1. The Bertz CT molecular complexity index is 815. The molecule has 0 unspecified atom stereocenters. The number of aromatic nitrogens is 1. The maximum Gasteiger partial charge on any atom is 0.335 e. The second-order valence-electron chi connectivity index (χ2n) is 4.68. The van der Waals surface area contributed by atoms with Gasteiger partial charge in [0.15, 0.2) is 0 Å². The minimum Gasteiger partial charge on any atom is -0.478 e. The maximum absolute atomic E-state index is 10.8. The van der Waals surface area contributed by atoms with Crippen molar-refractivity contribution in [2.75, 3.05) is 0 Å². The molecule has 0 amide bonds. The van der Waals surface area contributed by atoms with Gasteiger partial charge in [0.1, 0.15) is 0 Å². The van der Waals surface area contributed by atoms with Crippen LogP contribution < -0.4 is 0 Å². The summed E-state index contributed by atoms with van der Waals surface area (Å²) >= 11 is 0. The standard InChI is InChI=1S/C18H13NO2/c20-18(21)15-9-6-13(7-10-15)5-8-14-11-12-19-17-4-2-1-3-16(14)17/h1-12H,(H,20,21)/b8-5+. The van der Waals surface area contributed by atoms with Gasteiger partial charge in [0.25, 0.3) is 0 Å². The monoisotopic (exact) mass is 275 g/mol. The molecule has 3 aromatic rings. The number of nitrogens with zero attached hydrogens (tertiary/aromatic N) is 1. The summed E-state index contributed by atoms with van der Waals surface area (Å²) in [6.45, 7) is 0. The second-order valence-corrected chi connectivity index (χ2v) is 4.68. The highest BCUT2D eigenvalue weighted by molar-refractivity contribution is 5.91. The van der Waals surface area contributed by atoms with Gasteiger partial charge in [-0.25, -0.2) is 4.79 Å². The van der Waals surface area contributed by atoms with E-state index >= 15 is 0 Å². The van der Waals surface area contributed by atoms with Crippen molar-refractivity contribution in [1.29, 1.82) is 0 Å². The first kappa shape index (κ1) is 13.1. The topological polar surface area (TPSA) is 50.2 Å². The number of para-hydroxylation sites is 1. The van der Waals surface area contributed by atoms with E-state index in [2.05, 4.69) is 4.98 Å². The molecule has 1 aromatic heterocycles. The molecule has 3 heteroatoms. The fourth-order valence-electron chi connectivity index (χ4n) is 2.19. The van der Waals surface area contributed by atoms with E-state index in [0.29, 0.717) is 5.56 Å². The summed E-state index contributed by atoms with van der Waals surface area (Å²) < 4.78 is 0. The quantitative estimate of drug-likeness (QED) is 0.782. The number of hydrogen-bond donors (Lipinski definition) is 1. The van der Waals surface area contributed by atoms with Crippen LogP contribution in [0, 0.1) is 0 Å². The average Bonchev–Trinajstić information content (AvgIpc) is 2.53. The smallest absolute Gasteiger partial charge is 0.335 e. The summed E-state index contributed by atoms with van der Waals surface area (Å²) in [4.78, 5) is 15.1. The van der Waals surface area contributed by atoms with Gasteiger partial charge in [-0.2, -0.15) is 0 Å². The Morgan fingerprint density at radius 2 is 1.71 bits per heavy atom. The van der Waals surface area contributed by atoms with E-state index in [4.69, 9.17) is 5.11 Å². The number of rotatable bonds is 3. The minimum absolute atomic E-state index is 0.293. The van der Waals surface area contributed by atoms with E-state index in [1.165, 1.54) is 0 Å². The molecule has 21 heavy (non-hydrogen) atoms. The first-order valence-electron chi connectivity index (χ1n) is 6.59. The Balaban J connectivity index is 1.92. The second kappa shape index (κ2) is 5.59. The molecule has 0 aliphatic heterocycles. The third-order valence-corrected chi connectivity index (χ3v) is 3.30. The number of pyridine rings is 1. The molecule has 0 aliphatic carbocycles. The molecule has 0 aliphatic rings. The number of hydrogen-bond acceptors (Lipinski definition) is 2. The van der Waals surface area contributed by atoms with Crippen LogP contribution in [0.25, 0.3) is 23.1 Å². The van der Waals surface area contributed by atoms with Crippen molar-refractivity contribution in [3.63, 3.8) is 0 Å². The van der Waals surface area contributed by atoms with Crippen LogP contribution in [0.15, 0.2) is 60.8 Å². The van der Waals surface area contributed by atoms with Gasteiger partial charge >= 0.3 is 5.97 Å². The Labute approximate surface area is 122 Å². The Morgan fingerprint density at radius 1 is 0.952 bits per heavy atom. The number of benzene rings is 2. The molecular weight excluding hydrogens is 262 g/mol. The SMILES string of the molecule is O=C(O)c1ccc(/C=C/c2ccnc3ccccc23)cc1. The average molecular weight is 275 g/mol. The normalized spacial score (nSPS) is 11.0. The summed E-state index contributed by atoms with van der Waals surface area (Å²) in [5.41, 5.74) is 3.30. The highest BCUT2D eigenvalue weighted by Crippen LogP contribution is 2.18. The van der Waals surface area contributed by atoms with E-state index in [1.54, 1.807) is 30.5 Å². The fourth-order valence-corrected chi connectivity index (χ4v) is 2.19. The highest BCUT2D eigenvalue weighted by Gasteiger charge is 2.01. The van der Waals surface area contributed by atoms with Crippen LogP contribution >= 0.6 is 0 Å². The Hall–Kier alpha value is -2.94. The van der Waals surface area contributed by atoms with Crippen LogP contribution in [-0.2, 0) is 0 Å². The van der Waals surface area contributed by atoms with Crippen LogP contribution in [0.5, 0.6) is 0 Å². The molecule has 0 saturated carbocycles. The lowest BCUT2D eigenvalue weighted by Crippen LogP contribution is -1.94. The molecule has 2 aromatic carbocycles. The Kier molecular flexibility index (Phi) is 3.48. The van der Waals surface area contributed by atoms with E-state index in [0.717, 1.165) is 22.0 Å². The zero-order valence-electron chi connectivity index (χ0n) is 11.2. The maximum atomic E-state index is 10.8. The van der Waals surface area contributed by atoms with Crippen molar-refractivity contribution in [3.05, 3.63) is 77.5 Å². The van der Waals surface area contributed by atoms with Crippen molar-refractivity contribution < 1.29 is 9.90 Å². The van der Waals surface area contributed by atoms with Gasteiger partial charge in [-0.05, 0) is 35.4 Å². The molecule has 3 rings (SSSR count). The lowest BCUT2D eigenvalue weighted by molar-refractivity contribution is 0.0697. The van der Waals surface area contributed by atoms with E-state index in [1.807, 2.05) is 42.5 Å². The van der Waals surface area contributed by atoms with Crippen LogP contribution in [-0.4, -0.2) is 16.1 Å². The Morgan fingerprint density at radius 3 is 2.48 bits per heavy atom. The van der Waals surface area contributed by atoms with Gasteiger partial charge < -0.3 is 5.11 Å². The zero-order valence-corrected chi connectivity index (χ0v) is 11.2. The van der Waals surface area contributed by atoms with Crippen molar-refractivity contribution >= 4 is 29.0 Å². The predicted octanol–water partition coefficient (Wildman–Crippen LogP) is 4.10. The summed E-state index contributed by atoms with van der Waals surface area (Å²) in [5.74, 6) is -0.911. The van der Waals surface area contributed by atoms with Gasteiger partial charge in [-0.15, -0.1) is 0 Å². The van der Waals surface area contributed by atoms with Gasteiger partial charge in [-0.3, -0.25) is 4.98 Å². The number of carboxylic acids is 1. The molecule has 0 saturated heterocycles. The fraction of sp³-hybridized carbons (Fsp3) is 0. The molecule has 0 radical (unpaired) electrons. The third kappa shape index (κ3) is 2.82. The third-order valence-electron chi connectivity index (χ3n) is 3.30. The number of carbonyl (C=O) groups is 1. The predicted molar refractivity (Wildman–Crippen MR) is 84.1 cm³/mol. The van der Waals surface area contributed by atoms with Crippen LogP contribution in [0.2, 0.25) is 0 Å². The summed E-state index contributed by atoms with van der Waals surface area (Å²) in [6, 6.07) is 16.7. The molecule has 1 N–H and O–H groups in total. The van der Waals surface area contributed by atoms with Crippen LogP contribution in [0.4, 0.5) is 0 Å². The van der Waals surface area contributed by atoms with E-state index in [9.17, 15) is 4.79 Å². The molecule has 102 valence electrons. The van der Waals surface area contributed by atoms with Gasteiger partial charge in [0.05, 0.1) is 11.1 Å². The minimum atomic E-state index is -0.911. The van der Waals surface area contributed by atoms with E-state index < -0.39 is 5.97 Å². The molecule has 1 heterocycles. The van der Waals surface area contributed by atoms with Crippen LogP contribution in [0.1, 0.15) is 21.5 Å². The molecule has 0 spiro atoms. The summed E-state index contributed by atoms with van der Waals surface area (Å²) in [5, 5.41) is 9.97. The summed E-state index contributed by atoms with van der Waals surface area (Å²) in [7, 11) is 0. The summed E-state index contributed by atoms with van der Waals surface area (Å²) in [6.07, 6.45) is 5.77.